The smallest absolute Gasteiger partial charge is 0.283 e. The Morgan fingerprint density at radius 1 is 1.19 bits per heavy atom. The summed E-state index contributed by atoms with van der Waals surface area (Å²) >= 11 is 0. The lowest BCUT2D eigenvalue weighted by Crippen LogP contribution is -2.35. The highest BCUT2D eigenvalue weighted by Crippen LogP contribution is 2.32. The van der Waals surface area contributed by atoms with Crippen LogP contribution in [0.2, 0.25) is 0 Å². The third-order valence-corrected chi connectivity index (χ3v) is 6.76. The number of benzene rings is 1. The molecule has 3 heterocycles. The number of hydrogen-bond donors (Lipinski definition) is 1. The molecule has 0 saturated heterocycles. The lowest BCUT2D eigenvalue weighted by molar-refractivity contribution is -0.118. The molecule has 0 fully saturated rings. The van der Waals surface area contributed by atoms with Gasteiger partial charge in [0.15, 0.2) is 5.03 Å². The van der Waals surface area contributed by atoms with E-state index in [1.165, 1.54) is 10.7 Å². The average Bonchev–Trinajstić information content (AvgIpc) is 3.24. The lowest BCUT2D eigenvalue weighted by Gasteiger charge is -2.25. The van der Waals surface area contributed by atoms with Crippen LogP contribution >= 0.6 is 0 Å². The van der Waals surface area contributed by atoms with Crippen LogP contribution in [0.4, 0.5) is 0 Å². The Labute approximate surface area is 187 Å². The van der Waals surface area contributed by atoms with Crippen molar-refractivity contribution in [2.45, 2.75) is 50.6 Å². The van der Waals surface area contributed by atoms with Crippen LogP contribution in [0.25, 0.3) is 11.1 Å². The van der Waals surface area contributed by atoms with E-state index < -0.39 is 21.5 Å². The monoisotopic (exact) mass is 454 g/mol. The lowest BCUT2D eigenvalue weighted by atomic mass is 9.88. The summed E-state index contributed by atoms with van der Waals surface area (Å²) in [5.41, 5.74) is 2.78. The van der Waals surface area contributed by atoms with Gasteiger partial charge < -0.3 is 4.74 Å². The molecule has 0 atom stereocenters. The van der Waals surface area contributed by atoms with Crippen molar-refractivity contribution in [2.75, 3.05) is 6.61 Å². The van der Waals surface area contributed by atoms with Crippen LogP contribution in [0.15, 0.2) is 53.8 Å². The van der Waals surface area contributed by atoms with Crippen molar-refractivity contribution in [3.63, 3.8) is 0 Å². The fraction of sp³-hybridized carbons (Fsp3) is 0.348. The Morgan fingerprint density at radius 3 is 2.72 bits per heavy atom. The molecule has 4 rings (SSSR count). The summed E-state index contributed by atoms with van der Waals surface area (Å²) in [6.07, 6.45) is 3.13. The molecule has 1 aromatic carbocycles. The van der Waals surface area contributed by atoms with E-state index in [1.54, 1.807) is 12.4 Å². The summed E-state index contributed by atoms with van der Waals surface area (Å²) in [4.78, 5) is 17.2. The van der Waals surface area contributed by atoms with Gasteiger partial charge in [-0.3, -0.25) is 9.48 Å². The number of aromatic nitrogens is 3. The minimum Gasteiger partial charge on any atom is -0.475 e. The van der Waals surface area contributed by atoms with Gasteiger partial charge in [0.25, 0.3) is 10.0 Å². The van der Waals surface area contributed by atoms with Crippen LogP contribution in [0.5, 0.6) is 5.88 Å². The Bertz CT molecular complexity index is 1280. The number of nitrogens with zero attached hydrogens (tertiary/aromatic N) is 3. The predicted octanol–water partition coefficient (Wildman–Crippen LogP) is 3.24. The van der Waals surface area contributed by atoms with Gasteiger partial charge in [-0.25, -0.2) is 9.71 Å². The third-order valence-electron chi connectivity index (χ3n) is 5.50. The molecule has 0 aliphatic carbocycles. The molecule has 32 heavy (non-hydrogen) atoms. The Morgan fingerprint density at radius 2 is 1.97 bits per heavy atom. The van der Waals surface area contributed by atoms with Crippen molar-refractivity contribution in [2.24, 2.45) is 0 Å². The van der Waals surface area contributed by atoms with Crippen molar-refractivity contribution in [3.8, 4) is 17.0 Å². The number of rotatable bonds is 1. The van der Waals surface area contributed by atoms with E-state index in [4.69, 9.17) is 4.74 Å². The minimum absolute atomic E-state index is 0.0897. The zero-order valence-corrected chi connectivity index (χ0v) is 19.3. The molecule has 1 aliphatic rings. The number of nitrogens with one attached hydrogen (secondary N) is 1. The van der Waals surface area contributed by atoms with Crippen molar-refractivity contribution in [3.05, 3.63) is 59.9 Å². The zero-order valence-electron chi connectivity index (χ0n) is 18.5. The molecule has 3 aromatic rings. The van der Waals surface area contributed by atoms with Gasteiger partial charge in [-0.15, -0.1) is 0 Å². The number of ether oxygens (including phenoxy) is 1. The van der Waals surface area contributed by atoms with Gasteiger partial charge in [-0.2, -0.15) is 13.5 Å². The molecule has 1 aliphatic heterocycles. The number of carbonyl (C=O) groups excluding carboxylic acids is 1. The highest BCUT2D eigenvalue weighted by atomic mass is 32.2. The largest absolute Gasteiger partial charge is 0.475 e. The second-order valence-corrected chi connectivity index (χ2v) is 10.4. The molecule has 4 bridgehead atoms. The Kier molecular flexibility index (Phi) is 5.54. The molecule has 0 unspecified atom stereocenters. The van der Waals surface area contributed by atoms with Crippen LogP contribution < -0.4 is 9.46 Å². The molecule has 0 radical (unpaired) electrons. The van der Waals surface area contributed by atoms with Gasteiger partial charge in [0, 0.05) is 18.5 Å². The first-order valence-corrected chi connectivity index (χ1v) is 11.9. The molecule has 0 saturated carbocycles. The number of carbonyl (C=O) groups is 1. The first-order chi connectivity index (χ1) is 15.1. The molecule has 9 heteroatoms. The standard InChI is InChI=1S/C23H26N4O4S/c1-15(2)17-6-5-7-18-16-8-10-24-21(12-16)31-14-23(3,4)27-11-9-22(25-27)32(29,30)26-20(28)13-19(17)18/h5-12,15H,13-14H2,1-4H3,(H,26,28). The van der Waals surface area contributed by atoms with Crippen LogP contribution in [0, 0.1) is 0 Å². The second-order valence-electron chi connectivity index (χ2n) is 8.82. The fourth-order valence-electron chi connectivity index (χ4n) is 3.77. The summed E-state index contributed by atoms with van der Waals surface area (Å²) in [6.45, 7) is 8.04. The van der Waals surface area contributed by atoms with Crippen molar-refractivity contribution in [1.29, 1.82) is 0 Å². The summed E-state index contributed by atoms with van der Waals surface area (Å²) in [6, 6.07) is 10.9. The summed E-state index contributed by atoms with van der Waals surface area (Å²) < 4.78 is 35.3. The minimum atomic E-state index is -4.11. The predicted molar refractivity (Wildman–Crippen MR) is 120 cm³/mol. The summed E-state index contributed by atoms with van der Waals surface area (Å²) in [5.74, 6) is -0.0325. The van der Waals surface area contributed by atoms with Gasteiger partial charge in [0.2, 0.25) is 11.8 Å². The molecule has 8 nitrogen and oxygen atoms in total. The molecular weight excluding hydrogens is 428 g/mol. The van der Waals surface area contributed by atoms with Crippen LogP contribution in [0.3, 0.4) is 0 Å². The van der Waals surface area contributed by atoms with E-state index in [9.17, 15) is 13.2 Å². The molecular formula is C23H26N4O4S. The quantitative estimate of drug-likeness (QED) is 0.605. The number of hydrogen-bond acceptors (Lipinski definition) is 6. The topological polar surface area (TPSA) is 103 Å². The molecule has 2 aromatic heterocycles. The van der Waals surface area contributed by atoms with Crippen molar-refractivity contribution in [1.82, 2.24) is 19.5 Å². The van der Waals surface area contributed by atoms with Crippen molar-refractivity contribution >= 4 is 15.9 Å². The van der Waals surface area contributed by atoms with Crippen LogP contribution in [0.1, 0.15) is 44.7 Å². The second kappa shape index (κ2) is 8.05. The first kappa shape index (κ1) is 22.0. The van der Waals surface area contributed by atoms with Gasteiger partial charge in [0.05, 0.1) is 12.0 Å². The van der Waals surface area contributed by atoms with Gasteiger partial charge in [0.1, 0.15) is 6.61 Å². The van der Waals surface area contributed by atoms with Crippen LogP contribution in [-0.2, 0) is 26.8 Å². The van der Waals surface area contributed by atoms with E-state index >= 15 is 0 Å². The normalized spacial score (nSPS) is 17.5. The van der Waals surface area contributed by atoms with Gasteiger partial charge in [-0.05, 0) is 54.2 Å². The summed E-state index contributed by atoms with van der Waals surface area (Å²) in [7, 11) is -4.11. The molecule has 1 amide bonds. The molecule has 168 valence electrons. The Balaban J connectivity index is 1.89. The number of fused-ring (bicyclic) bond motifs is 6. The third kappa shape index (κ3) is 4.25. The van der Waals surface area contributed by atoms with E-state index in [-0.39, 0.29) is 24.0 Å². The fourth-order valence-corrected chi connectivity index (χ4v) is 4.68. The molecule has 1 N–H and O–H groups in total. The van der Waals surface area contributed by atoms with E-state index in [1.807, 2.05) is 58.0 Å². The maximum absolute atomic E-state index is 12.9. The maximum atomic E-state index is 12.9. The van der Waals surface area contributed by atoms with Crippen LogP contribution in [-0.4, -0.2) is 35.7 Å². The highest BCUT2D eigenvalue weighted by molar-refractivity contribution is 7.90. The zero-order chi connectivity index (χ0) is 23.1. The summed E-state index contributed by atoms with van der Waals surface area (Å²) in [5, 5.41) is 3.98. The number of amides is 1. The highest BCUT2D eigenvalue weighted by Gasteiger charge is 2.28. The molecule has 0 spiro atoms. The van der Waals surface area contributed by atoms with Gasteiger partial charge >= 0.3 is 0 Å². The Hall–Kier alpha value is -3.20. The number of pyridine rings is 1. The van der Waals surface area contributed by atoms with E-state index in [0.29, 0.717) is 5.88 Å². The number of sulfonamides is 1. The maximum Gasteiger partial charge on any atom is 0.283 e. The van der Waals surface area contributed by atoms with E-state index in [0.717, 1.165) is 22.3 Å². The first-order valence-electron chi connectivity index (χ1n) is 10.4. The average molecular weight is 455 g/mol. The SMILES string of the molecule is CC(C)c1cccc2c1CC(=O)NS(=O)(=O)c1ccn(n1)C(C)(C)COc1cc-2ccn1. The van der Waals surface area contributed by atoms with E-state index in [2.05, 4.69) is 14.8 Å². The van der Waals surface area contributed by atoms with Gasteiger partial charge in [-0.1, -0.05) is 32.0 Å². The van der Waals surface area contributed by atoms with Crippen molar-refractivity contribution < 1.29 is 17.9 Å².